The Hall–Kier alpha value is -2.62. The average Bonchev–Trinajstić information content (AvgIpc) is 3.45. The van der Waals surface area contributed by atoms with Gasteiger partial charge < -0.3 is 5.11 Å². The molecular formula is C27H19Br2NO5S. The van der Waals surface area contributed by atoms with Gasteiger partial charge in [0, 0.05) is 38.1 Å². The molecule has 0 unspecified atom stereocenters. The number of rotatable bonds is 3. The maximum atomic E-state index is 13.7. The highest BCUT2D eigenvalue weighted by molar-refractivity contribution is 9.12. The van der Waals surface area contributed by atoms with Crippen LogP contribution in [0.15, 0.2) is 73.5 Å². The normalized spacial score (nSPS) is 27.6. The summed E-state index contributed by atoms with van der Waals surface area (Å²) in [7, 11) is 0. The molecular weight excluding hydrogens is 610 g/mol. The maximum absolute atomic E-state index is 13.7. The zero-order chi connectivity index (χ0) is 25.3. The van der Waals surface area contributed by atoms with Gasteiger partial charge in [-0.3, -0.25) is 24.1 Å². The fraction of sp³-hybridized carbons (Fsp3) is 0.259. The summed E-state index contributed by atoms with van der Waals surface area (Å²) < 4.78 is 0.894. The van der Waals surface area contributed by atoms with Crippen LogP contribution in [0.3, 0.4) is 0 Å². The van der Waals surface area contributed by atoms with Gasteiger partial charge in [0.25, 0.3) is 0 Å². The lowest BCUT2D eigenvalue weighted by molar-refractivity contribution is -0.140. The molecule has 1 aliphatic heterocycles. The summed E-state index contributed by atoms with van der Waals surface area (Å²) in [4.78, 5) is 55.8. The van der Waals surface area contributed by atoms with Crippen LogP contribution in [0.1, 0.15) is 29.2 Å². The number of carbonyl (C=O) groups excluding carboxylic acids is 4. The predicted octanol–water partition coefficient (Wildman–Crippen LogP) is 5.18. The molecule has 6 rings (SSSR count). The van der Waals surface area contributed by atoms with E-state index in [0.29, 0.717) is 23.1 Å². The van der Waals surface area contributed by atoms with Gasteiger partial charge in [-0.05, 0) is 64.3 Å². The van der Waals surface area contributed by atoms with Gasteiger partial charge in [0.1, 0.15) is 5.75 Å². The van der Waals surface area contributed by atoms with Crippen molar-refractivity contribution in [2.75, 3.05) is 0 Å². The van der Waals surface area contributed by atoms with E-state index in [-0.39, 0.29) is 46.6 Å². The molecule has 1 N–H and O–H groups in total. The van der Waals surface area contributed by atoms with Crippen molar-refractivity contribution in [1.29, 1.82) is 0 Å². The third-order valence-corrected chi connectivity index (χ3v) is 9.56. The highest BCUT2D eigenvalue weighted by Gasteiger charge is 2.56. The van der Waals surface area contributed by atoms with Gasteiger partial charge in [-0.2, -0.15) is 0 Å². The number of ketones is 2. The fourth-order valence-electron chi connectivity index (χ4n) is 6.10. The number of amides is 2. The molecule has 182 valence electrons. The van der Waals surface area contributed by atoms with Crippen molar-refractivity contribution in [3.05, 3.63) is 84.0 Å². The highest BCUT2D eigenvalue weighted by atomic mass is 79.9. The minimum atomic E-state index is -0.681. The van der Waals surface area contributed by atoms with Crippen molar-refractivity contribution in [2.45, 2.75) is 25.3 Å². The molecule has 36 heavy (non-hydrogen) atoms. The number of phenols is 1. The number of hydrogen-bond donors (Lipinski definition) is 1. The number of aromatic hydroxyl groups is 1. The summed E-state index contributed by atoms with van der Waals surface area (Å²) in [5.74, 6) is -3.24. The molecule has 1 saturated heterocycles. The Bertz CT molecular complexity index is 1450. The number of fused-ring (bicyclic) bond motifs is 3. The Morgan fingerprint density at radius 3 is 2.61 bits per heavy atom. The van der Waals surface area contributed by atoms with Crippen molar-refractivity contribution in [3.63, 3.8) is 0 Å². The van der Waals surface area contributed by atoms with Crippen LogP contribution in [-0.4, -0.2) is 33.4 Å². The average molecular weight is 629 g/mol. The van der Waals surface area contributed by atoms with E-state index in [0.717, 1.165) is 14.9 Å². The van der Waals surface area contributed by atoms with Crippen LogP contribution in [-0.2, 0) is 25.7 Å². The zero-order valence-corrected chi connectivity index (χ0v) is 22.7. The van der Waals surface area contributed by atoms with Crippen LogP contribution >= 0.6 is 43.2 Å². The summed E-state index contributed by atoms with van der Waals surface area (Å²) in [6.45, 7) is 0.236. The molecule has 0 spiro atoms. The minimum Gasteiger partial charge on any atom is -0.508 e. The lowest BCUT2D eigenvalue weighted by atomic mass is 9.59. The van der Waals surface area contributed by atoms with Gasteiger partial charge in [0.05, 0.1) is 22.9 Å². The standard InChI is InChI=1S/C27H19Br2NO5S/c28-12-3-6-20(31)17(8-12)22-14-4-5-15-23(27(35)30(26(15)34)11-13-2-1-7-36-13)16(14)9-18-24(22)21(32)10-19(29)25(18)33/h1-4,6-8,10,15-16,22-23,31H,5,9,11H2/t15-,16+,22+,23-/m0/s1. The van der Waals surface area contributed by atoms with E-state index in [1.807, 2.05) is 23.6 Å². The molecule has 4 aliphatic rings. The molecule has 0 radical (unpaired) electrons. The molecule has 0 saturated carbocycles. The molecule has 2 amide bonds. The number of phenolic OH excluding ortho intramolecular Hbond substituents is 1. The van der Waals surface area contributed by atoms with Crippen LogP contribution < -0.4 is 0 Å². The monoisotopic (exact) mass is 627 g/mol. The first kappa shape index (κ1) is 23.8. The molecule has 1 aromatic heterocycles. The van der Waals surface area contributed by atoms with Crippen LogP contribution in [0.5, 0.6) is 5.75 Å². The van der Waals surface area contributed by atoms with Crippen molar-refractivity contribution in [2.24, 2.45) is 17.8 Å². The number of nitrogens with zero attached hydrogens (tertiary/aromatic N) is 1. The summed E-state index contributed by atoms with van der Waals surface area (Å²) in [6, 6.07) is 8.78. The lowest BCUT2D eigenvalue weighted by Gasteiger charge is -2.42. The SMILES string of the molecule is O=C1C=C(Br)C(=O)C2=C1[C@@H](c1cc(Br)ccc1O)C1=CC[C@@H]3C(=O)N(Cc4cccs4)C(=O)[C@@H]3[C@@H]1C2. The van der Waals surface area contributed by atoms with Crippen LogP contribution in [0.4, 0.5) is 0 Å². The molecule has 2 heterocycles. The third kappa shape index (κ3) is 3.55. The first-order valence-corrected chi connectivity index (χ1v) is 14.0. The molecule has 0 bridgehead atoms. The number of thiophene rings is 1. The number of halogens is 2. The maximum Gasteiger partial charge on any atom is 0.234 e. The van der Waals surface area contributed by atoms with Crippen molar-refractivity contribution < 1.29 is 24.3 Å². The van der Waals surface area contributed by atoms with E-state index >= 15 is 0 Å². The van der Waals surface area contributed by atoms with Gasteiger partial charge in [-0.25, -0.2) is 0 Å². The number of hydrogen-bond acceptors (Lipinski definition) is 6. The Kier molecular flexibility index (Phi) is 5.77. The summed E-state index contributed by atoms with van der Waals surface area (Å²) in [5.41, 5.74) is 1.99. The van der Waals surface area contributed by atoms with E-state index < -0.39 is 23.7 Å². The van der Waals surface area contributed by atoms with Gasteiger partial charge in [0.15, 0.2) is 11.6 Å². The topological polar surface area (TPSA) is 91.8 Å². The van der Waals surface area contributed by atoms with Crippen molar-refractivity contribution >= 4 is 66.6 Å². The molecule has 6 nitrogen and oxygen atoms in total. The van der Waals surface area contributed by atoms with Gasteiger partial charge in [-0.15, -0.1) is 11.3 Å². The molecule has 1 aromatic carbocycles. The van der Waals surface area contributed by atoms with E-state index in [9.17, 15) is 24.3 Å². The predicted molar refractivity (Wildman–Crippen MR) is 140 cm³/mol. The Morgan fingerprint density at radius 1 is 1.06 bits per heavy atom. The second kappa shape index (κ2) is 8.75. The summed E-state index contributed by atoms with van der Waals surface area (Å²) in [5, 5.41) is 12.7. The number of likely N-dealkylation sites (tertiary alicyclic amines) is 1. The van der Waals surface area contributed by atoms with E-state index in [4.69, 9.17) is 0 Å². The molecule has 4 atom stereocenters. The van der Waals surface area contributed by atoms with Crippen molar-refractivity contribution in [3.8, 4) is 5.75 Å². The largest absolute Gasteiger partial charge is 0.508 e. The molecule has 9 heteroatoms. The number of imide groups is 1. The first-order chi connectivity index (χ1) is 17.3. The summed E-state index contributed by atoms with van der Waals surface area (Å²) >= 11 is 8.17. The molecule has 3 aliphatic carbocycles. The third-order valence-electron chi connectivity index (χ3n) is 7.62. The minimum absolute atomic E-state index is 0.000683. The lowest BCUT2D eigenvalue weighted by Crippen LogP contribution is -2.39. The number of allylic oxidation sites excluding steroid dienone is 6. The molecule has 1 fully saturated rings. The number of benzene rings is 1. The fourth-order valence-corrected chi connectivity index (χ4v) is 7.62. The Labute approximate surface area is 227 Å². The number of Topliss-reactive ketones (excluding diaryl/α,β-unsaturated/α-hetero) is 1. The highest BCUT2D eigenvalue weighted by Crippen LogP contribution is 2.56. The zero-order valence-electron chi connectivity index (χ0n) is 18.7. The summed E-state index contributed by atoms with van der Waals surface area (Å²) in [6.07, 6.45) is 3.80. The van der Waals surface area contributed by atoms with E-state index in [2.05, 4.69) is 31.9 Å². The Balaban J connectivity index is 1.48. The second-order valence-electron chi connectivity index (χ2n) is 9.44. The van der Waals surface area contributed by atoms with Gasteiger partial charge >= 0.3 is 0 Å². The van der Waals surface area contributed by atoms with Crippen molar-refractivity contribution in [1.82, 2.24) is 4.90 Å². The van der Waals surface area contributed by atoms with Gasteiger partial charge in [0.2, 0.25) is 11.8 Å². The quantitative estimate of drug-likeness (QED) is 0.287. The number of carbonyl (C=O) groups is 4. The second-order valence-corrected chi connectivity index (χ2v) is 12.2. The van der Waals surface area contributed by atoms with Crippen LogP contribution in [0.2, 0.25) is 0 Å². The molecule has 2 aromatic rings. The Morgan fingerprint density at radius 2 is 1.86 bits per heavy atom. The van der Waals surface area contributed by atoms with Crippen LogP contribution in [0, 0.1) is 17.8 Å². The van der Waals surface area contributed by atoms with Crippen LogP contribution in [0.25, 0.3) is 0 Å². The smallest absolute Gasteiger partial charge is 0.234 e. The van der Waals surface area contributed by atoms with E-state index in [1.54, 1.807) is 18.2 Å². The van der Waals surface area contributed by atoms with E-state index in [1.165, 1.54) is 22.3 Å². The van der Waals surface area contributed by atoms with Gasteiger partial charge in [-0.1, -0.05) is 33.6 Å². The first-order valence-electron chi connectivity index (χ1n) is 11.5.